The summed E-state index contributed by atoms with van der Waals surface area (Å²) >= 11 is 1.23. The highest BCUT2D eigenvalue weighted by Crippen LogP contribution is 2.35. The molecule has 1 aromatic carbocycles. The summed E-state index contributed by atoms with van der Waals surface area (Å²) in [5.74, 6) is -2.69. The average molecular weight is 549 g/mol. The van der Waals surface area contributed by atoms with Crippen LogP contribution in [0.1, 0.15) is 18.4 Å². The number of anilines is 2. The Kier molecular flexibility index (Phi) is 8.60. The minimum atomic E-state index is -5.05. The molecule has 8 nitrogen and oxygen atoms in total. The first-order valence-electron chi connectivity index (χ1n) is 12.5. The van der Waals surface area contributed by atoms with E-state index in [4.69, 9.17) is 0 Å². The molecule has 1 N–H and O–H groups in total. The fourth-order valence-corrected chi connectivity index (χ4v) is 5.78. The van der Waals surface area contributed by atoms with E-state index in [1.165, 1.54) is 11.3 Å². The van der Waals surface area contributed by atoms with Crippen LogP contribution in [0.15, 0.2) is 30.3 Å². The molecule has 0 bridgehead atoms. The van der Waals surface area contributed by atoms with E-state index in [-0.39, 0.29) is 0 Å². The van der Waals surface area contributed by atoms with Crippen LogP contribution in [-0.4, -0.2) is 98.6 Å². The number of rotatable bonds is 6. The van der Waals surface area contributed by atoms with Crippen LogP contribution in [0.5, 0.6) is 0 Å². The number of alkyl halides is 3. The Balaban J connectivity index is 1.45. The van der Waals surface area contributed by atoms with Crippen molar-refractivity contribution in [1.82, 2.24) is 14.7 Å². The van der Waals surface area contributed by atoms with Crippen LogP contribution in [0.2, 0.25) is 0 Å². The SMILES string of the molecule is CN1CCC(N(CC(=O)Nc2ccc(-c3ccc(N4CCN(C)CC4)cc3C#N)s2)C(=O)C(F)(F)F)CC1. The second-order valence-corrected chi connectivity index (χ2v) is 10.9. The number of carbonyl (C=O) groups is 2. The number of nitrogens with zero attached hydrogens (tertiary/aromatic N) is 5. The van der Waals surface area contributed by atoms with Gasteiger partial charge in [-0.1, -0.05) is 6.07 Å². The van der Waals surface area contributed by atoms with Crippen molar-refractivity contribution in [2.24, 2.45) is 0 Å². The van der Waals surface area contributed by atoms with E-state index in [0.717, 1.165) is 42.3 Å². The minimum Gasteiger partial charge on any atom is -0.369 e. The Morgan fingerprint density at radius 3 is 2.34 bits per heavy atom. The van der Waals surface area contributed by atoms with Gasteiger partial charge in [0.05, 0.1) is 16.6 Å². The number of piperazine rings is 1. The van der Waals surface area contributed by atoms with E-state index in [9.17, 15) is 28.0 Å². The van der Waals surface area contributed by atoms with E-state index >= 15 is 0 Å². The molecule has 0 radical (unpaired) electrons. The summed E-state index contributed by atoms with van der Waals surface area (Å²) in [5.41, 5.74) is 2.20. The summed E-state index contributed by atoms with van der Waals surface area (Å²) in [6, 6.07) is 10.7. The first-order valence-corrected chi connectivity index (χ1v) is 13.3. The fraction of sp³-hybridized carbons (Fsp3) is 0.500. The van der Waals surface area contributed by atoms with Gasteiger partial charge in [0.1, 0.15) is 6.54 Å². The summed E-state index contributed by atoms with van der Waals surface area (Å²) in [7, 11) is 3.94. The summed E-state index contributed by atoms with van der Waals surface area (Å²) in [6.45, 7) is 4.07. The van der Waals surface area contributed by atoms with Gasteiger partial charge in [-0.3, -0.25) is 9.59 Å². The van der Waals surface area contributed by atoms with Crippen molar-refractivity contribution >= 4 is 33.8 Å². The monoisotopic (exact) mass is 548 g/mol. The molecular formula is C26H31F3N6O2S. The van der Waals surface area contributed by atoms with E-state index < -0.39 is 30.6 Å². The standard InChI is InChI=1S/C26H31F3N6O2S/c1-32-9-7-19(8-10-32)35(25(37)26(27,28)29)17-23(36)31-24-6-5-22(38-24)21-4-3-20(15-18(21)16-30)34-13-11-33(2)12-14-34/h3-6,15,19H,7-14,17H2,1-2H3,(H,31,36). The highest BCUT2D eigenvalue weighted by Gasteiger charge is 2.45. The van der Waals surface area contributed by atoms with Crippen molar-refractivity contribution in [3.8, 4) is 16.5 Å². The lowest BCUT2D eigenvalue weighted by atomic mass is 10.0. The maximum absolute atomic E-state index is 13.3. The van der Waals surface area contributed by atoms with E-state index in [1.807, 2.05) is 30.1 Å². The van der Waals surface area contributed by atoms with Crippen LogP contribution in [-0.2, 0) is 9.59 Å². The highest BCUT2D eigenvalue weighted by molar-refractivity contribution is 7.19. The Labute approximate surface area is 224 Å². The third-order valence-electron chi connectivity index (χ3n) is 7.07. The quantitative estimate of drug-likeness (QED) is 0.596. The molecule has 1 aromatic heterocycles. The van der Waals surface area contributed by atoms with Crippen LogP contribution in [0.4, 0.5) is 23.9 Å². The summed E-state index contributed by atoms with van der Waals surface area (Å²) in [6.07, 6.45) is -4.31. The number of hydrogen-bond donors (Lipinski definition) is 1. The van der Waals surface area contributed by atoms with Crippen LogP contribution >= 0.6 is 11.3 Å². The van der Waals surface area contributed by atoms with Crippen molar-refractivity contribution in [2.75, 3.05) is 70.1 Å². The zero-order valence-electron chi connectivity index (χ0n) is 21.4. The van der Waals surface area contributed by atoms with E-state index in [1.54, 1.807) is 12.1 Å². The maximum Gasteiger partial charge on any atom is 0.471 e. The predicted octanol–water partition coefficient (Wildman–Crippen LogP) is 3.46. The number of nitriles is 1. The predicted molar refractivity (Wildman–Crippen MR) is 141 cm³/mol. The second-order valence-electron chi connectivity index (χ2n) is 9.81. The van der Waals surface area contributed by atoms with E-state index in [2.05, 4.69) is 28.2 Å². The summed E-state index contributed by atoms with van der Waals surface area (Å²) < 4.78 is 39.8. The molecule has 2 aromatic rings. The number of benzene rings is 1. The van der Waals surface area contributed by atoms with Crippen LogP contribution in [0.3, 0.4) is 0 Å². The number of thiophene rings is 1. The smallest absolute Gasteiger partial charge is 0.369 e. The number of carbonyl (C=O) groups excluding carboxylic acids is 2. The van der Waals surface area contributed by atoms with Gasteiger partial charge < -0.3 is 24.9 Å². The van der Waals surface area contributed by atoms with Gasteiger partial charge in [-0.2, -0.15) is 18.4 Å². The van der Waals surface area contributed by atoms with Crippen molar-refractivity contribution < 1.29 is 22.8 Å². The molecule has 4 rings (SSSR count). The Bertz CT molecular complexity index is 1190. The number of halogens is 3. The van der Waals surface area contributed by atoms with Crippen molar-refractivity contribution in [3.05, 3.63) is 35.9 Å². The van der Waals surface area contributed by atoms with Crippen LogP contribution in [0, 0.1) is 11.3 Å². The average Bonchev–Trinajstić information content (AvgIpc) is 3.35. The number of likely N-dealkylation sites (tertiary alicyclic amines) is 1. The number of amides is 2. The second kappa shape index (κ2) is 11.7. The Hall–Kier alpha value is -3.14. The molecule has 0 aliphatic carbocycles. The molecule has 204 valence electrons. The first-order chi connectivity index (χ1) is 18.0. The largest absolute Gasteiger partial charge is 0.471 e. The number of piperidine rings is 1. The summed E-state index contributed by atoms with van der Waals surface area (Å²) in [4.78, 5) is 32.7. The fourth-order valence-electron chi connectivity index (χ4n) is 4.82. The molecule has 2 amide bonds. The van der Waals surface area contributed by atoms with E-state index in [0.29, 0.717) is 41.4 Å². The van der Waals surface area contributed by atoms with Crippen LogP contribution in [0.25, 0.3) is 10.4 Å². The van der Waals surface area contributed by atoms with Gasteiger partial charge >= 0.3 is 12.1 Å². The lowest BCUT2D eigenvalue weighted by molar-refractivity contribution is -0.188. The van der Waals surface area contributed by atoms with Crippen LogP contribution < -0.4 is 10.2 Å². The Morgan fingerprint density at radius 2 is 1.71 bits per heavy atom. The van der Waals surface area contributed by atoms with Gasteiger partial charge in [0.25, 0.3) is 0 Å². The zero-order chi connectivity index (χ0) is 27.4. The molecule has 0 unspecified atom stereocenters. The molecule has 38 heavy (non-hydrogen) atoms. The molecule has 2 aliphatic rings. The number of nitrogens with one attached hydrogen (secondary N) is 1. The molecule has 0 saturated carbocycles. The lowest BCUT2D eigenvalue weighted by Gasteiger charge is -2.37. The normalized spacial score (nSPS) is 17.7. The van der Waals surface area contributed by atoms with Gasteiger partial charge in [-0.05, 0) is 64.3 Å². The summed E-state index contributed by atoms with van der Waals surface area (Å²) in [5, 5.41) is 12.8. The minimum absolute atomic E-state index is 0.371. The molecule has 0 spiro atoms. The molecule has 0 atom stereocenters. The highest BCUT2D eigenvalue weighted by atomic mass is 32.1. The third-order valence-corrected chi connectivity index (χ3v) is 8.11. The maximum atomic E-state index is 13.3. The van der Waals surface area contributed by atoms with Gasteiger partial charge in [-0.15, -0.1) is 11.3 Å². The third kappa shape index (κ3) is 6.64. The van der Waals surface area contributed by atoms with Crippen molar-refractivity contribution in [2.45, 2.75) is 25.1 Å². The van der Waals surface area contributed by atoms with Crippen molar-refractivity contribution in [3.63, 3.8) is 0 Å². The van der Waals surface area contributed by atoms with Gasteiger partial charge in [0.15, 0.2) is 0 Å². The van der Waals surface area contributed by atoms with Crippen molar-refractivity contribution in [1.29, 1.82) is 5.26 Å². The molecular weight excluding hydrogens is 517 g/mol. The first kappa shape index (κ1) is 27.9. The molecule has 12 heteroatoms. The topological polar surface area (TPSA) is 82.9 Å². The molecule has 3 heterocycles. The van der Waals surface area contributed by atoms with Gasteiger partial charge in [0.2, 0.25) is 5.91 Å². The lowest BCUT2D eigenvalue weighted by Crippen LogP contribution is -2.53. The zero-order valence-corrected chi connectivity index (χ0v) is 22.2. The number of likely N-dealkylation sites (N-methyl/N-ethyl adjacent to an activating group) is 1. The molecule has 2 aliphatic heterocycles. The van der Waals surface area contributed by atoms with Gasteiger partial charge in [0, 0.05) is 48.3 Å². The Morgan fingerprint density at radius 1 is 1.05 bits per heavy atom. The number of hydrogen-bond acceptors (Lipinski definition) is 7. The van der Waals surface area contributed by atoms with Gasteiger partial charge in [-0.25, -0.2) is 0 Å². The molecule has 2 fully saturated rings. The molecule has 2 saturated heterocycles.